The number of carbonyl (C=O) groups is 1. The van der Waals surface area contributed by atoms with Crippen molar-refractivity contribution in [3.63, 3.8) is 0 Å². The smallest absolute Gasteiger partial charge is 0.243 e. The van der Waals surface area contributed by atoms with Crippen LogP contribution in [0, 0.1) is 5.82 Å². The highest BCUT2D eigenvalue weighted by atomic mass is 32.2. The molecule has 1 aliphatic heterocycles. The number of benzene rings is 2. The van der Waals surface area contributed by atoms with Crippen LogP contribution in [0.3, 0.4) is 0 Å². The van der Waals surface area contributed by atoms with Crippen molar-refractivity contribution in [2.75, 3.05) is 19.9 Å². The van der Waals surface area contributed by atoms with Crippen LogP contribution in [0.1, 0.15) is 10.4 Å². The average Bonchev–Trinajstić information content (AvgIpc) is 3.50. The van der Waals surface area contributed by atoms with Crippen LogP contribution in [0.5, 0.6) is 11.5 Å². The minimum Gasteiger partial charge on any atom is -0.454 e. The monoisotopic (exact) mass is 502 g/mol. The molecule has 0 bridgehead atoms. The van der Waals surface area contributed by atoms with Crippen LogP contribution in [0.4, 0.5) is 4.39 Å². The summed E-state index contributed by atoms with van der Waals surface area (Å²) in [5.74, 6) is 0.324. The van der Waals surface area contributed by atoms with E-state index < -0.39 is 15.8 Å². The fraction of sp³-hybridized carbons (Fsp3) is 0.208. The van der Waals surface area contributed by atoms with Crippen LogP contribution in [0.15, 0.2) is 77.5 Å². The maximum Gasteiger partial charge on any atom is 0.243 e. The highest BCUT2D eigenvalue weighted by molar-refractivity contribution is 7.89. The molecule has 0 aliphatic carbocycles. The second-order valence-electron chi connectivity index (χ2n) is 7.56. The summed E-state index contributed by atoms with van der Waals surface area (Å²) >= 11 is 1.51. The van der Waals surface area contributed by atoms with E-state index in [1.807, 2.05) is 29.6 Å². The molecule has 0 atom stereocenters. The van der Waals surface area contributed by atoms with Gasteiger partial charge in [0.05, 0.1) is 18.0 Å². The van der Waals surface area contributed by atoms with E-state index in [2.05, 4.69) is 6.58 Å². The molecule has 1 aromatic heterocycles. The Morgan fingerprint density at radius 2 is 1.85 bits per heavy atom. The quantitative estimate of drug-likeness (QED) is 0.392. The summed E-state index contributed by atoms with van der Waals surface area (Å²) in [5.41, 5.74) is 0.825. The van der Waals surface area contributed by atoms with E-state index in [1.165, 1.54) is 29.5 Å². The summed E-state index contributed by atoms with van der Waals surface area (Å²) in [6.07, 6.45) is 1.41. The number of nitrogens with zero attached hydrogens (tertiary/aromatic N) is 2. The Morgan fingerprint density at radius 3 is 2.56 bits per heavy atom. The minimum absolute atomic E-state index is 0.0671. The number of thiophene rings is 1. The Balaban J connectivity index is 1.57. The number of sulfonamides is 1. The normalized spacial score (nSPS) is 12.6. The molecule has 7 nitrogen and oxygen atoms in total. The van der Waals surface area contributed by atoms with Gasteiger partial charge >= 0.3 is 0 Å². The van der Waals surface area contributed by atoms with Gasteiger partial charge in [-0.25, -0.2) is 12.8 Å². The van der Waals surface area contributed by atoms with E-state index in [0.717, 1.165) is 26.9 Å². The topological polar surface area (TPSA) is 76.2 Å². The first-order valence-corrected chi connectivity index (χ1v) is 12.7. The number of hydrogen-bond acceptors (Lipinski definition) is 6. The first-order valence-electron chi connectivity index (χ1n) is 10.4. The van der Waals surface area contributed by atoms with Gasteiger partial charge in [-0.15, -0.1) is 17.9 Å². The van der Waals surface area contributed by atoms with Crippen LogP contribution in [-0.4, -0.2) is 43.4 Å². The van der Waals surface area contributed by atoms with Crippen LogP contribution >= 0.6 is 11.3 Å². The van der Waals surface area contributed by atoms with Gasteiger partial charge < -0.3 is 14.4 Å². The molecule has 3 aromatic rings. The summed E-state index contributed by atoms with van der Waals surface area (Å²) in [7, 11) is -4.04. The summed E-state index contributed by atoms with van der Waals surface area (Å²) in [5, 5.41) is 1.92. The molecule has 1 aliphatic rings. The zero-order valence-corrected chi connectivity index (χ0v) is 19.9. The van der Waals surface area contributed by atoms with Crippen molar-refractivity contribution in [3.05, 3.63) is 88.9 Å². The van der Waals surface area contributed by atoms with Gasteiger partial charge in [0.2, 0.25) is 22.7 Å². The van der Waals surface area contributed by atoms with Crippen LogP contribution < -0.4 is 9.47 Å². The van der Waals surface area contributed by atoms with E-state index >= 15 is 0 Å². The molecule has 2 aromatic carbocycles. The fourth-order valence-corrected chi connectivity index (χ4v) is 5.56. The predicted molar refractivity (Wildman–Crippen MR) is 126 cm³/mol. The third-order valence-corrected chi connectivity index (χ3v) is 7.87. The second kappa shape index (κ2) is 10.4. The molecular weight excluding hydrogens is 479 g/mol. The first-order chi connectivity index (χ1) is 16.4. The largest absolute Gasteiger partial charge is 0.454 e. The lowest BCUT2D eigenvalue weighted by Gasteiger charge is -2.26. The predicted octanol–water partition coefficient (Wildman–Crippen LogP) is 4.02. The molecule has 2 heterocycles. The summed E-state index contributed by atoms with van der Waals surface area (Å²) in [6, 6.07) is 13.8. The Kier molecular flexibility index (Phi) is 7.30. The molecule has 0 N–H and O–H groups in total. The number of amides is 1. The number of carbonyl (C=O) groups excluding carboxylic acids is 1. The minimum atomic E-state index is -4.04. The zero-order valence-electron chi connectivity index (χ0n) is 18.2. The molecular formula is C24H23FN2O5S2. The van der Waals surface area contributed by atoms with Gasteiger partial charge in [0.15, 0.2) is 11.5 Å². The van der Waals surface area contributed by atoms with E-state index in [4.69, 9.17) is 9.47 Å². The van der Waals surface area contributed by atoms with Crippen LogP contribution in [0.25, 0.3) is 0 Å². The van der Waals surface area contributed by atoms with E-state index in [9.17, 15) is 17.6 Å². The van der Waals surface area contributed by atoms with Crippen molar-refractivity contribution in [1.82, 2.24) is 9.21 Å². The van der Waals surface area contributed by atoms with E-state index in [1.54, 1.807) is 11.0 Å². The molecule has 10 heteroatoms. The Bertz CT molecular complexity index is 1260. The molecule has 0 saturated heterocycles. The Hall–Kier alpha value is -3.21. The van der Waals surface area contributed by atoms with Gasteiger partial charge in [0.25, 0.3) is 0 Å². The van der Waals surface area contributed by atoms with Gasteiger partial charge in [-0.05, 0) is 53.4 Å². The van der Waals surface area contributed by atoms with Crippen molar-refractivity contribution in [1.29, 1.82) is 0 Å². The lowest BCUT2D eigenvalue weighted by atomic mass is 10.2. The number of halogens is 1. The van der Waals surface area contributed by atoms with Gasteiger partial charge in [-0.2, -0.15) is 4.31 Å². The molecule has 34 heavy (non-hydrogen) atoms. The van der Waals surface area contributed by atoms with Crippen molar-refractivity contribution >= 4 is 27.3 Å². The SMILES string of the molecule is C=CCN(CC(=O)N(Cc1ccc2c(c1)OCO2)Cc1cccs1)S(=O)(=O)c1ccc(F)cc1. The highest BCUT2D eigenvalue weighted by Crippen LogP contribution is 2.33. The molecule has 178 valence electrons. The van der Waals surface area contributed by atoms with Crippen LogP contribution in [-0.2, 0) is 27.9 Å². The lowest BCUT2D eigenvalue weighted by molar-refractivity contribution is -0.132. The fourth-order valence-electron chi connectivity index (χ4n) is 3.48. The molecule has 0 spiro atoms. The maximum atomic E-state index is 13.4. The Labute approximate surface area is 201 Å². The number of fused-ring (bicyclic) bond motifs is 1. The third kappa shape index (κ3) is 5.46. The van der Waals surface area contributed by atoms with E-state index in [0.29, 0.717) is 18.0 Å². The van der Waals surface area contributed by atoms with Crippen molar-refractivity contribution in [3.8, 4) is 11.5 Å². The Morgan fingerprint density at radius 1 is 1.09 bits per heavy atom. The van der Waals surface area contributed by atoms with Gasteiger partial charge in [-0.1, -0.05) is 18.2 Å². The zero-order chi connectivity index (χ0) is 24.1. The van der Waals surface area contributed by atoms with Crippen molar-refractivity contribution < 1.29 is 27.1 Å². The van der Waals surface area contributed by atoms with Crippen molar-refractivity contribution in [2.24, 2.45) is 0 Å². The van der Waals surface area contributed by atoms with Gasteiger partial charge in [0.1, 0.15) is 5.82 Å². The molecule has 0 radical (unpaired) electrons. The number of ether oxygens (including phenoxy) is 2. The molecule has 0 unspecified atom stereocenters. The van der Waals surface area contributed by atoms with Crippen molar-refractivity contribution in [2.45, 2.75) is 18.0 Å². The molecule has 0 saturated carbocycles. The maximum absolute atomic E-state index is 13.4. The van der Waals surface area contributed by atoms with E-state index in [-0.39, 0.29) is 37.2 Å². The highest BCUT2D eigenvalue weighted by Gasteiger charge is 2.28. The van der Waals surface area contributed by atoms with Crippen LogP contribution in [0.2, 0.25) is 0 Å². The summed E-state index contributed by atoms with van der Waals surface area (Å²) in [4.78, 5) is 15.9. The van der Waals surface area contributed by atoms with Gasteiger partial charge in [-0.3, -0.25) is 4.79 Å². The second-order valence-corrected chi connectivity index (χ2v) is 10.5. The molecule has 0 fully saturated rings. The molecule has 1 amide bonds. The average molecular weight is 503 g/mol. The standard InChI is InChI=1S/C24H23FN2O5S2/c1-2-11-27(34(29,30)21-8-6-19(25)7-9-21)16-24(28)26(15-20-4-3-12-33-20)14-18-5-10-22-23(13-18)32-17-31-22/h2-10,12-13H,1,11,14-17H2. The lowest BCUT2D eigenvalue weighted by Crippen LogP contribution is -2.42. The first kappa shape index (κ1) is 23.9. The molecule has 4 rings (SSSR count). The number of hydrogen-bond donors (Lipinski definition) is 0. The summed E-state index contributed by atoms with van der Waals surface area (Å²) in [6.45, 7) is 3.89. The summed E-state index contributed by atoms with van der Waals surface area (Å²) < 4.78 is 51.4. The van der Waals surface area contributed by atoms with Gasteiger partial charge in [0, 0.05) is 18.0 Å². The third-order valence-electron chi connectivity index (χ3n) is 5.19. The number of rotatable bonds is 10.